The van der Waals surface area contributed by atoms with Crippen LogP contribution in [0.4, 0.5) is 23.0 Å². The number of rotatable bonds is 19. The number of imide groups is 2. The van der Waals surface area contributed by atoms with Gasteiger partial charge < -0.3 is 34.6 Å². The molecule has 1 atom stereocenters. The van der Waals surface area contributed by atoms with Crippen LogP contribution < -0.4 is 26.2 Å². The van der Waals surface area contributed by atoms with Gasteiger partial charge in [0.2, 0.25) is 23.7 Å². The first kappa shape index (κ1) is 44.9. The van der Waals surface area contributed by atoms with Crippen molar-refractivity contribution >= 4 is 68.0 Å². The average molecular weight is 908 g/mol. The number of aromatic nitrogens is 3. The van der Waals surface area contributed by atoms with Crippen LogP contribution in [0.25, 0.3) is 16.9 Å². The Balaban J connectivity index is 0.694. The lowest BCUT2D eigenvalue weighted by atomic mass is 9.87. The molecule has 2 saturated heterocycles. The predicted molar refractivity (Wildman–Crippen MR) is 239 cm³/mol. The molecule has 65 heavy (non-hydrogen) atoms. The van der Waals surface area contributed by atoms with Crippen LogP contribution in [0.15, 0.2) is 83.8 Å². The van der Waals surface area contributed by atoms with Crippen molar-refractivity contribution in [1.29, 1.82) is 0 Å². The Morgan fingerprint density at radius 3 is 2.22 bits per heavy atom. The molecule has 4 N–H and O–H groups in total. The molecule has 0 aliphatic carbocycles. The minimum atomic E-state index is -3.30. The van der Waals surface area contributed by atoms with Gasteiger partial charge in [0.15, 0.2) is 15.5 Å². The van der Waals surface area contributed by atoms with E-state index in [-0.39, 0.29) is 53.9 Å². The fourth-order valence-corrected chi connectivity index (χ4v) is 8.63. The Morgan fingerprint density at radius 2 is 1.51 bits per heavy atom. The number of nitrogens with one attached hydrogen (secondary N) is 4. The highest BCUT2D eigenvalue weighted by Crippen LogP contribution is 2.36. The van der Waals surface area contributed by atoms with Crippen LogP contribution >= 0.6 is 0 Å². The van der Waals surface area contributed by atoms with E-state index in [9.17, 15) is 32.4 Å². The van der Waals surface area contributed by atoms with E-state index in [4.69, 9.17) is 14.2 Å². The number of ether oxygens (including phenoxy) is 3. The van der Waals surface area contributed by atoms with Crippen molar-refractivity contribution in [3.63, 3.8) is 0 Å². The molecule has 0 radical (unpaired) electrons. The van der Waals surface area contributed by atoms with Gasteiger partial charge in [-0.15, -0.1) is 5.10 Å². The molecule has 0 spiro atoms. The van der Waals surface area contributed by atoms with E-state index in [1.54, 1.807) is 34.8 Å². The van der Waals surface area contributed by atoms with Gasteiger partial charge in [0.1, 0.15) is 0 Å². The molecule has 3 aromatic carbocycles. The highest BCUT2D eigenvalue weighted by Gasteiger charge is 2.36. The van der Waals surface area contributed by atoms with E-state index < -0.39 is 33.5 Å². The van der Waals surface area contributed by atoms with Crippen LogP contribution in [0.5, 0.6) is 0 Å². The molecule has 3 aliphatic heterocycles. The monoisotopic (exact) mass is 907 g/mol. The van der Waals surface area contributed by atoms with Crippen molar-refractivity contribution in [1.82, 2.24) is 30.1 Å². The number of piperidine rings is 1. The minimum absolute atomic E-state index is 0.0399. The summed E-state index contributed by atoms with van der Waals surface area (Å²) in [6.45, 7) is 4.72. The Labute approximate surface area is 374 Å². The molecule has 340 valence electrons. The fraction of sp³-hybridized carbons (Fsp3) is 0.356. The highest BCUT2D eigenvalue weighted by atomic mass is 32.2. The Morgan fingerprint density at radius 1 is 0.800 bits per heavy atom. The Hall–Kier alpha value is -6.74. The third-order valence-electron chi connectivity index (χ3n) is 11.4. The lowest BCUT2D eigenvalue weighted by Gasteiger charge is -2.36. The number of benzene rings is 3. The summed E-state index contributed by atoms with van der Waals surface area (Å²) in [5, 5.41) is 15.7. The zero-order valence-corrected chi connectivity index (χ0v) is 36.5. The number of hydrogen-bond acceptors (Lipinski definition) is 15. The second-order valence-corrected chi connectivity index (χ2v) is 17.7. The molecule has 0 bridgehead atoms. The molecule has 5 aromatic rings. The predicted octanol–water partition coefficient (Wildman–Crippen LogP) is 3.15. The number of nitrogens with zero attached hydrogens (tertiary/aromatic N) is 5. The van der Waals surface area contributed by atoms with E-state index in [1.807, 2.05) is 47.4 Å². The first-order valence-electron chi connectivity index (χ1n) is 21.3. The number of carbonyl (C=O) groups is 5. The van der Waals surface area contributed by atoms with Gasteiger partial charge >= 0.3 is 0 Å². The van der Waals surface area contributed by atoms with E-state index in [1.165, 1.54) is 12.3 Å². The van der Waals surface area contributed by atoms with Crippen molar-refractivity contribution in [3.05, 3.63) is 95.6 Å². The summed E-state index contributed by atoms with van der Waals surface area (Å²) in [6.07, 6.45) is 1.93. The Kier molecular flexibility index (Phi) is 13.8. The summed E-state index contributed by atoms with van der Waals surface area (Å²) in [4.78, 5) is 71.1. The van der Waals surface area contributed by atoms with Crippen molar-refractivity contribution in [2.45, 2.75) is 30.1 Å². The topological polar surface area (TPSA) is 232 Å². The first-order valence-corrected chi connectivity index (χ1v) is 23.2. The van der Waals surface area contributed by atoms with Crippen LogP contribution in [0.3, 0.4) is 0 Å². The standard InChI is InChI=1S/C45H49N9O10S/c1-65(60,61)32-11-5-29(6-12-32)36-3-2-4-37-48-45(51-54(36)37)47-30-7-9-31(10-8-30)52-19-21-53(22-20-52)39(56)17-23-62-25-27-64-28-26-63-24-18-46-41-33(34-15-16-38(55)49-42(34)57)13-14-35-40(41)44(59)50-43(35)58/h2-14,34,46H,15-28H2,1H3,(H,47,51)(H,49,55,57)(H,50,58,59). The summed E-state index contributed by atoms with van der Waals surface area (Å²) >= 11 is 0. The second kappa shape index (κ2) is 20.0. The number of piperazine rings is 1. The van der Waals surface area contributed by atoms with E-state index in [2.05, 4.69) is 36.2 Å². The average Bonchev–Trinajstić information content (AvgIpc) is 3.85. The molecular weight excluding hydrogens is 859 g/mol. The molecule has 8 rings (SSSR count). The number of carbonyl (C=O) groups excluding carboxylic acids is 5. The minimum Gasteiger partial charge on any atom is -0.382 e. The van der Waals surface area contributed by atoms with Gasteiger partial charge in [-0.25, -0.2) is 12.9 Å². The molecule has 5 heterocycles. The SMILES string of the molecule is CS(=O)(=O)c1ccc(-c2cccc3nc(Nc4ccc(N5CCN(C(=O)CCOCCOCCOCCNc6c(C7CCC(=O)NC7=O)ccc7c6C(=O)NC7=O)CC5)cc4)nn23)cc1. The Bertz CT molecular complexity index is 2700. The maximum absolute atomic E-state index is 12.9. The summed E-state index contributed by atoms with van der Waals surface area (Å²) in [7, 11) is -3.30. The van der Waals surface area contributed by atoms with Crippen molar-refractivity contribution in [3.8, 4) is 11.3 Å². The number of pyridine rings is 1. The molecule has 2 aromatic heterocycles. The van der Waals surface area contributed by atoms with Crippen molar-refractivity contribution < 1.29 is 46.6 Å². The molecule has 1 unspecified atom stereocenters. The van der Waals surface area contributed by atoms with E-state index in [0.717, 1.165) is 22.6 Å². The molecular formula is C45H49N9O10S. The van der Waals surface area contributed by atoms with Gasteiger partial charge in [-0.2, -0.15) is 4.98 Å². The lowest BCUT2D eigenvalue weighted by molar-refractivity contribution is -0.134. The fourth-order valence-electron chi connectivity index (χ4n) is 8.00. The first-order chi connectivity index (χ1) is 31.4. The van der Waals surface area contributed by atoms with Crippen LogP contribution in [-0.4, -0.2) is 136 Å². The van der Waals surface area contributed by atoms with E-state index in [0.29, 0.717) is 88.4 Å². The van der Waals surface area contributed by atoms with Gasteiger partial charge in [0.05, 0.1) is 79.4 Å². The number of anilines is 4. The van der Waals surface area contributed by atoms with Crippen LogP contribution in [0.1, 0.15) is 51.5 Å². The molecule has 2 fully saturated rings. The van der Waals surface area contributed by atoms with Crippen LogP contribution in [0, 0.1) is 0 Å². The summed E-state index contributed by atoms with van der Waals surface area (Å²) in [5.41, 5.74) is 5.40. The van der Waals surface area contributed by atoms with E-state index >= 15 is 0 Å². The summed E-state index contributed by atoms with van der Waals surface area (Å²) in [6, 6.07) is 23.5. The third kappa shape index (κ3) is 10.6. The van der Waals surface area contributed by atoms with Gasteiger partial charge in [0.25, 0.3) is 11.8 Å². The molecule has 0 saturated carbocycles. The number of hydrogen-bond donors (Lipinski definition) is 4. The second-order valence-electron chi connectivity index (χ2n) is 15.7. The smallest absolute Gasteiger partial charge is 0.261 e. The normalized spacial score (nSPS) is 16.4. The maximum Gasteiger partial charge on any atom is 0.261 e. The number of sulfone groups is 1. The molecule has 3 aliphatic rings. The van der Waals surface area contributed by atoms with Gasteiger partial charge in [0, 0.05) is 62.3 Å². The van der Waals surface area contributed by atoms with Crippen molar-refractivity contribution in [2.24, 2.45) is 0 Å². The van der Waals surface area contributed by atoms with Gasteiger partial charge in [-0.3, -0.25) is 34.6 Å². The third-order valence-corrected chi connectivity index (χ3v) is 12.5. The van der Waals surface area contributed by atoms with Crippen molar-refractivity contribution in [2.75, 3.05) is 94.2 Å². The summed E-state index contributed by atoms with van der Waals surface area (Å²) in [5.74, 6) is -2.03. The van der Waals surface area contributed by atoms with Crippen LogP contribution in [0.2, 0.25) is 0 Å². The van der Waals surface area contributed by atoms with Gasteiger partial charge in [-0.1, -0.05) is 24.3 Å². The van der Waals surface area contributed by atoms with Gasteiger partial charge in [-0.05, 0) is 66.6 Å². The maximum atomic E-state index is 12.9. The molecule has 19 nitrogen and oxygen atoms in total. The zero-order valence-electron chi connectivity index (χ0n) is 35.7. The summed E-state index contributed by atoms with van der Waals surface area (Å²) < 4.78 is 42.4. The quantitative estimate of drug-likeness (QED) is 0.0689. The highest BCUT2D eigenvalue weighted by molar-refractivity contribution is 7.90. The largest absolute Gasteiger partial charge is 0.382 e. The zero-order chi connectivity index (χ0) is 45.5. The van der Waals surface area contributed by atoms with Crippen LogP contribution in [-0.2, 0) is 38.4 Å². The number of fused-ring (bicyclic) bond motifs is 2. The molecule has 20 heteroatoms. The lowest BCUT2D eigenvalue weighted by Crippen LogP contribution is -2.49. The molecule has 5 amide bonds. The number of amides is 5.